The van der Waals surface area contributed by atoms with Crippen LogP contribution >= 0.6 is 0 Å². The lowest BCUT2D eigenvalue weighted by molar-refractivity contribution is 0.0950. The average Bonchev–Trinajstić information content (AvgIpc) is 2.92. The van der Waals surface area contributed by atoms with E-state index in [1.807, 2.05) is 42.3 Å². The Morgan fingerprint density at radius 1 is 1.00 bits per heavy atom. The number of phenolic OH excluding ortho intramolecular Hbond substituents is 1. The molecule has 0 spiro atoms. The molecular weight excluding hydrogens is 495 g/mol. The van der Waals surface area contributed by atoms with E-state index in [2.05, 4.69) is 5.32 Å². The van der Waals surface area contributed by atoms with Crippen molar-refractivity contribution in [3.8, 4) is 33.9 Å². The highest BCUT2D eigenvalue weighted by atomic mass is 16.5. The van der Waals surface area contributed by atoms with Gasteiger partial charge in [-0.1, -0.05) is 36.4 Å². The standard InChI is InChI=1S/C30H26BN2O6/c1-33(18-19-6-2-5-9-26(19)39-31-37)15-14-32-30(36)23-8-4-3-7-22(23)29-24-12-10-20(34)16-27(24)38-28-17-21(35)11-13-25(28)29/h2-13,16-17,34,37H,14-15,18H2,1H3,(H,32,36). The summed E-state index contributed by atoms with van der Waals surface area (Å²) in [5, 5.41) is 22.7. The van der Waals surface area contributed by atoms with Gasteiger partial charge >= 0.3 is 7.69 Å². The molecule has 0 bridgehead atoms. The summed E-state index contributed by atoms with van der Waals surface area (Å²) >= 11 is 0. The Labute approximate surface area is 225 Å². The van der Waals surface area contributed by atoms with E-state index < -0.39 is 0 Å². The van der Waals surface area contributed by atoms with Crippen molar-refractivity contribution in [3.63, 3.8) is 0 Å². The van der Waals surface area contributed by atoms with E-state index >= 15 is 0 Å². The minimum atomic E-state index is -0.237. The number of aromatic hydroxyl groups is 1. The SMILES string of the molecule is CN(CCNC(=O)c1ccccc1-c1c2ccc(=O)cc-2oc2cc(O)ccc12)Cc1ccccc1O[B]O. The van der Waals surface area contributed by atoms with Crippen molar-refractivity contribution in [3.05, 3.63) is 106 Å². The number of nitrogens with zero attached hydrogens (tertiary/aromatic N) is 1. The Hall–Kier alpha value is -4.60. The predicted molar refractivity (Wildman–Crippen MR) is 150 cm³/mol. The van der Waals surface area contributed by atoms with Crippen LogP contribution in [0.2, 0.25) is 0 Å². The third kappa shape index (κ3) is 5.64. The number of rotatable bonds is 9. The number of hydrogen-bond donors (Lipinski definition) is 3. The van der Waals surface area contributed by atoms with Crippen molar-refractivity contribution in [2.24, 2.45) is 0 Å². The Balaban J connectivity index is 1.40. The van der Waals surface area contributed by atoms with Crippen molar-refractivity contribution in [2.45, 2.75) is 6.54 Å². The summed E-state index contributed by atoms with van der Waals surface area (Å²) in [5.41, 5.74) is 3.71. The number of carbonyl (C=O) groups is 1. The molecule has 5 rings (SSSR count). The molecule has 0 saturated heterocycles. The van der Waals surface area contributed by atoms with E-state index in [0.29, 0.717) is 66.5 Å². The van der Waals surface area contributed by atoms with Gasteiger partial charge in [0.05, 0.1) is 0 Å². The Morgan fingerprint density at radius 2 is 1.79 bits per heavy atom. The van der Waals surface area contributed by atoms with Gasteiger partial charge in [0, 0.05) is 59.4 Å². The molecule has 2 aliphatic rings. The first-order valence-electron chi connectivity index (χ1n) is 12.4. The minimum absolute atomic E-state index is 0.0358. The van der Waals surface area contributed by atoms with Crippen LogP contribution in [-0.4, -0.2) is 48.8 Å². The van der Waals surface area contributed by atoms with Crippen LogP contribution in [0.15, 0.2) is 94.1 Å². The first-order valence-corrected chi connectivity index (χ1v) is 12.4. The van der Waals surface area contributed by atoms with Crippen LogP contribution < -0.4 is 15.4 Å². The van der Waals surface area contributed by atoms with Gasteiger partial charge < -0.3 is 29.4 Å². The highest BCUT2D eigenvalue weighted by Gasteiger charge is 2.21. The number of nitrogens with one attached hydrogen (secondary N) is 1. The zero-order valence-corrected chi connectivity index (χ0v) is 21.3. The second kappa shape index (κ2) is 11.4. The Morgan fingerprint density at radius 3 is 2.64 bits per heavy atom. The van der Waals surface area contributed by atoms with Gasteiger partial charge in [0.15, 0.2) is 5.43 Å². The molecule has 0 aromatic heterocycles. The van der Waals surface area contributed by atoms with E-state index in [-0.39, 0.29) is 17.1 Å². The van der Waals surface area contributed by atoms with E-state index in [1.165, 1.54) is 18.2 Å². The summed E-state index contributed by atoms with van der Waals surface area (Å²) in [4.78, 5) is 27.5. The number of hydrogen-bond acceptors (Lipinski definition) is 7. The molecule has 1 amide bonds. The minimum Gasteiger partial charge on any atom is -0.537 e. The zero-order valence-electron chi connectivity index (χ0n) is 21.3. The second-order valence-electron chi connectivity index (χ2n) is 9.19. The summed E-state index contributed by atoms with van der Waals surface area (Å²) in [5.74, 6) is 0.736. The highest BCUT2D eigenvalue weighted by Crippen LogP contribution is 2.41. The molecule has 0 fully saturated rings. The van der Waals surface area contributed by atoms with Gasteiger partial charge in [0.1, 0.15) is 22.8 Å². The third-order valence-corrected chi connectivity index (χ3v) is 6.49. The molecule has 1 radical (unpaired) electrons. The van der Waals surface area contributed by atoms with Crippen LogP contribution in [0, 0.1) is 0 Å². The van der Waals surface area contributed by atoms with Gasteiger partial charge in [-0.25, -0.2) is 0 Å². The fourth-order valence-corrected chi connectivity index (χ4v) is 4.68. The molecule has 3 aromatic carbocycles. The lowest BCUT2D eigenvalue weighted by atomic mass is 9.90. The molecular formula is C30H26BN2O6. The van der Waals surface area contributed by atoms with E-state index in [0.717, 1.165) is 11.1 Å². The summed E-state index contributed by atoms with van der Waals surface area (Å²) in [6, 6.07) is 24.1. The first-order chi connectivity index (χ1) is 18.9. The molecule has 0 atom stereocenters. The number of amides is 1. The Bertz CT molecular complexity index is 1670. The molecule has 0 unspecified atom stereocenters. The number of para-hydroxylation sites is 1. The molecule has 9 heteroatoms. The quantitative estimate of drug-likeness (QED) is 0.198. The van der Waals surface area contributed by atoms with E-state index in [4.69, 9.17) is 14.1 Å². The summed E-state index contributed by atoms with van der Waals surface area (Å²) in [7, 11) is 2.59. The molecule has 1 heterocycles. The normalized spacial score (nSPS) is 11.2. The smallest absolute Gasteiger partial charge is 0.537 e. The molecule has 8 nitrogen and oxygen atoms in total. The first kappa shape index (κ1) is 26.0. The van der Waals surface area contributed by atoms with Gasteiger partial charge in [0.2, 0.25) is 0 Å². The van der Waals surface area contributed by atoms with Crippen molar-refractivity contribution in [1.29, 1.82) is 0 Å². The van der Waals surface area contributed by atoms with Crippen LogP contribution in [0.3, 0.4) is 0 Å². The fourth-order valence-electron chi connectivity index (χ4n) is 4.68. The van der Waals surface area contributed by atoms with Crippen LogP contribution in [0.4, 0.5) is 0 Å². The van der Waals surface area contributed by atoms with Crippen molar-refractivity contribution >= 4 is 24.6 Å². The number of fused-ring (bicyclic) bond motifs is 2. The maximum Gasteiger partial charge on any atom is 0.569 e. The van der Waals surface area contributed by atoms with Gasteiger partial charge in [-0.15, -0.1) is 0 Å². The molecule has 39 heavy (non-hydrogen) atoms. The number of benzene rings is 4. The van der Waals surface area contributed by atoms with Crippen LogP contribution in [0.25, 0.3) is 33.4 Å². The molecule has 0 saturated carbocycles. The summed E-state index contributed by atoms with van der Waals surface area (Å²) in [6.45, 7) is 1.54. The van der Waals surface area contributed by atoms with Crippen molar-refractivity contribution in [1.82, 2.24) is 10.2 Å². The van der Waals surface area contributed by atoms with Gasteiger partial charge in [-0.05, 0) is 49.0 Å². The maximum absolute atomic E-state index is 13.4. The van der Waals surface area contributed by atoms with E-state index in [1.54, 1.807) is 36.4 Å². The molecule has 3 N–H and O–H groups in total. The van der Waals surface area contributed by atoms with Gasteiger partial charge in [0.25, 0.3) is 5.91 Å². The fraction of sp³-hybridized carbons (Fsp3) is 0.133. The van der Waals surface area contributed by atoms with Crippen molar-refractivity contribution in [2.75, 3.05) is 20.1 Å². The molecule has 1 aliphatic carbocycles. The number of carbonyl (C=O) groups excluding carboxylic acids is 1. The van der Waals surface area contributed by atoms with Crippen molar-refractivity contribution < 1.29 is 24.0 Å². The lowest BCUT2D eigenvalue weighted by Crippen LogP contribution is -2.33. The topological polar surface area (TPSA) is 112 Å². The van der Waals surface area contributed by atoms with Gasteiger partial charge in [-0.2, -0.15) is 0 Å². The molecule has 195 valence electrons. The molecule has 3 aromatic rings. The monoisotopic (exact) mass is 521 g/mol. The van der Waals surface area contributed by atoms with Gasteiger partial charge in [-0.3, -0.25) is 9.59 Å². The van der Waals surface area contributed by atoms with E-state index in [9.17, 15) is 14.7 Å². The van der Waals surface area contributed by atoms with Crippen LogP contribution in [-0.2, 0) is 6.54 Å². The maximum atomic E-state index is 13.4. The summed E-state index contributed by atoms with van der Waals surface area (Å²) in [6.07, 6.45) is 0. The number of likely N-dealkylation sites (N-methyl/N-ethyl adjacent to an activating group) is 1. The Kier molecular flexibility index (Phi) is 7.63. The van der Waals surface area contributed by atoms with Crippen LogP contribution in [0.5, 0.6) is 11.5 Å². The number of phenols is 1. The zero-order chi connectivity index (χ0) is 27.4. The average molecular weight is 521 g/mol. The third-order valence-electron chi connectivity index (χ3n) is 6.49. The lowest BCUT2D eigenvalue weighted by Gasteiger charge is -2.20. The second-order valence-corrected chi connectivity index (χ2v) is 9.19. The summed E-state index contributed by atoms with van der Waals surface area (Å²) < 4.78 is 11.1. The largest absolute Gasteiger partial charge is 0.569 e. The van der Waals surface area contributed by atoms with Crippen LogP contribution in [0.1, 0.15) is 15.9 Å². The highest BCUT2D eigenvalue weighted by molar-refractivity contribution is 6.17. The molecule has 1 aliphatic heterocycles. The predicted octanol–water partition coefficient (Wildman–Crippen LogP) is 4.04.